The van der Waals surface area contributed by atoms with Gasteiger partial charge in [0.05, 0.1) is 5.69 Å². The van der Waals surface area contributed by atoms with Crippen molar-refractivity contribution in [2.75, 3.05) is 18.4 Å². The van der Waals surface area contributed by atoms with Crippen LogP contribution in [0.15, 0.2) is 30.3 Å². The van der Waals surface area contributed by atoms with Crippen LogP contribution in [-0.4, -0.2) is 39.2 Å². The Morgan fingerprint density at radius 2 is 2.05 bits per heavy atom. The van der Waals surface area contributed by atoms with E-state index < -0.39 is 0 Å². The Morgan fingerprint density at radius 1 is 1.25 bits per heavy atom. The number of benzene rings is 1. The van der Waals surface area contributed by atoms with Gasteiger partial charge < -0.3 is 10.6 Å². The van der Waals surface area contributed by atoms with Crippen molar-refractivity contribution in [3.05, 3.63) is 30.3 Å². The molecule has 0 spiro atoms. The molecule has 1 heterocycles. The average Bonchev–Trinajstić information content (AvgIpc) is 3.23. The lowest BCUT2D eigenvalue weighted by Crippen LogP contribution is -2.30. The highest BCUT2D eigenvalue weighted by Gasteiger charge is 2.28. The van der Waals surface area contributed by atoms with Crippen molar-refractivity contribution in [2.45, 2.75) is 12.8 Å². The third-order valence-corrected chi connectivity index (χ3v) is 3.13. The number of carbonyl (C=O) groups excluding carboxylic acids is 1. The molecular formula is C13H16N6O. The molecule has 1 fully saturated rings. The second-order valence-corrected chi connectivity index (χ2v) is 4.74. The molecule has 0 aliphatic heterocycles. The van der Waals surface area contributed by atoms with Crippen LogP contribution in [0.5, 0.6) is 0 Å². The fourth-order valence-electron chi connectivity index (χ4n) is 1.89. The van der Waals surface area contributed by atoms with Gasteiger partial charge in [0.2, 0.25) is 11.9 Å². The molecule has 2 N–H and O–H groups in total. The summed E-state index contributed by atoms with van der Waals surface area (Å²) in [5, 5.41) is 17.5. The number of amides is 1. The van der Waals surface area contributed by atoms with E-state index in [-0.39, 0.29) is 11.8 Å². The fourth-order valence-corrected chi connectivity index (χ4v) is 1.89. The number of aromatic nitrogens is 4. The molecule has 2 aromatic rings. The third kappa shape index (κ3) is 2.93. The zero-order valence-electron chi connectivity index (χ0n) is 11.0. The van der Waals surface area contributed by atoms with E-state index in [4.69, 9.17) is 0 Å². The van der Waals surface area contributed by atoms with Crippen molar-refractivity contribution in [3.63, 3.8) is 0 Å². The predicted molar refractivity (Wildman–Crippen MR) is 73.4 cm³/mol. The van der Waals surface area contributed by atoms with Crippen LogP contribution in [-0.2, 0) is 4.79 Å². The van der Waals surface area contributed by atoms with Crippen molar-refractivity contribution in [1.82, 2.24) is 25.5 Å². The van der Waals surface area contributed by atoms with Gasteiger partial charge in [0, 0.05) is 19.0 Å². The van der Waals surface area contributed by atoms with Crippen LogP contribution in [0.25, 0.3) is 5.69 Å². The molecule has 0 bridgehead atoms. The zero-order valence-corrected chi connectivity index (χ0v) is 11.0. The molecular weight excluding hydrogens is 256 g/mol. The first-order chi connectivity index (χ1) is 9.84. The van der Waals surface area contributed by atoms with Crippen LogP contribution in [0.4, 0.5) is 5.95 Å². The smallest absolute Gasteiger partial charge is 0.247 e. The summed E-state index contributed by atoms with van der Waals surface area (Å²) in [5.74, 6) is 0.955. The van der Waals surface area contributed by atoms with Gasteiger partial charge in [-0.1, -0.05) is 23.3 Å². The molecule has 0 atom stereocenters. The van der Waals surface area contributed by atoms with Crippen LogP contribution < -0.4 is 10.6 Å². The quantitative estimate of drug-likeness (QED) is 0.752. The molecule has 104 valence electrons. The Bertz CT molecular complexity index is 578. The summed E-state index contributed by atoms with van der Waals surface area (Å²) in [7, 11) is 0. The Balaban J connectivity index is 1.53. The Morgan fingerprint density at radius 3 is 2.80 bits per heavy atom. The van der Waals surface area contributed by atoms with Gasteiger partial charge in [0.15, 0.2) is 0 Å². The summed E-state index contributed by atoms with van der Waals surface area (Å²) >= 11 is 0. The summed E-state index contributed by atoms with van der Waals surface area (Å²) in [6.45, 7) is 1.16. The number of rotatable bonds is 6. The minimum atomic E-state index is 0.148. The standard InChI is InChI=1S/C13H16N6O/c20-12(10-6-7-10)14-8-9-15-13-16-17-18-19(13)11-4-2-1-3-5-11/h1-5,10H,6-9H2,(H,14,20)(H,15,16,18). The summed E-state index contributed by atoms with van der Waals surface area (Å²) in [5.41, 5.74) is 0.891. The highest BCUT2D eigenvalue weighted by Crippen LogP contribution is 2.28. The molecule has 0 unspecified atom stereocenters. The first-order valence-corrected chi connectivity index (χ1v) is 6.70. The number of anilines is 1. The number of para-hydroxylation sites is 1. The summed E-state index contributed by atoms with van der Waals surface area (Å²) in [6, 6.07) is 9.65. The molecule has 1 aromatic heterocycles. The van der Waals surface area contributed by atoms with Crippen LogP contribution >= 0.6 is 0 Å². The van der Waals surface area contributed by atoms with Crippen LogP contribution in [0.1, 0.15) is 12.8 Å². The van der Waals surface area contributed by atoms with Crippen LogP contribution in [0.3, 0.4) is 0 Å². The largest absolute Gasteiger partial charge is 0.354 e. The molecule has 7 heteroatoms. The van der Waals surface area contributed by atoms with Crippen molar-refractivity contribution in [2.24, 2.45) is 5.92 Å². The van der Waals surface area contributed by atoms with Crippen molar-refractivity contribution < 1.29 is 4.79 Å². The third-order valence-electron chi connectivity index (χ3n) is 3.13. The van der Waals surface area contributed by atoms with Gasteiger partial charge in [-0.15, -0.1) is 0 Å². The first kappa shape index (κ1) is 12.6. The van der Waals surface area contributed by atoms with E-state index in [2.05, 4.69) is 26.2 Å². The molecule has 1 amide bonds. The average molecular weight is 272 g/mol. The normalized spacial score (nSPS) is 14.0. The SMILES string of the molecule is O=C(NCCNc1nnnn1-c1ccccc1)C1CC1. The summed E-state index contributed by atoms with van der Waals surface area (Å²) in [4.78, 5) is 11.5. The Kier molecular flexibility index (Phi) is 3.58. The lowest BCUT2D eigenvalue weighted by Gasteiger charge is -2.07. The molecule has 7 nitrogen and oxygen atoms in total. The molecule has 3 rings (SSSR count). The van der Waals surface area contributed by atoms with Crippen LogP contribution in [0, 0.1) is 5.92 Å². The maximum Gasteiger partial charge on any atom is 0.247 e. The zero-order chi connectivity index (χ0) is 13.8. The van der Waals surface area contributed by atoms with E-state index in [1.54, 1.807) is 4.68 Å². The molecule has 1 saturated carbocycles. The highest BCUT2D eigenvalue weighted by molar-refractivity contribution is 5.80. The molecule has 20 heavy (non-hydrogen) atoms. The van der Waals surface area contributed by atoms with Gasteiger partial charge >= 0.3 is 0 Å². The van der Waals surface area contributed by atoms with Gasteiger partial charge in [-0.2, -0.15) is 4.68 Å². The van der Waals surface area contributed by atoms with Crippen molar-refractivity contribution in [3.8, 4) is 5.69 Å². The predicted octanol–water partition coefficient (Wildman–Crippen LogP) is 0.600. The van der Waals surface area contributed by atoms with E-state index in [1.165, 1.54) is 0 Å². The minimum absolute atomic E-state index is 0.148. The number of nitrogens with one attached hydrogen (secondary N) is 2. The monoisotopic (exact) mass is 272 g/mol. The molecule has 1 aromatic carbocycles. The van der Waals surface area contributed by atoms with E-state index in [1.807, 2.05) is 30.3 Å². The van der Waals surface area contributed by atoms with Gasteiger partial charge in [0.25, 0.3) is 0 Å². The molecule has 1 aliphatic rings. The number of hydrogen-bond acceptors (Lipinski definition) is 5. The Labute approximate surface area is 116 Å². The molecule has 0 saturated heterocycles. The fraction of sp³-hybridized carbons (Fsp3) is 0.385. The molecule has 1 aliphatic carbocycles. The number of hydrogen-bond donors (Lipinski definition) is 2. The Hall–Kier alpha value is -2.44. The van der Waals surface area contributed by atoms with Gasteiger partial charge in [-0.3, -0.25) is 4.79 Å². The van der Waals surface area contributed by atoms with Gasteiger partial charge in [-0.05, 0) is 35.4 Å². The van der Waals surface area contributed by atoms with Crippen molar-refractivity contribution in [1.29, 1.82) is 0 Å². The number of tetrazole rings is 1. The summed E-state index contributed by atoms with van der Waals surface area (Å²) in [6.07, 6.45) is 2.04. The van der Waals surface area contributed by atoms with E-state index in [9.17, 15) is 4.79 Å². The topological polar surface area (TPSA) is 84.7 Å². The second kappa shape index (κ2) is 5.68. The van der Waals surface area contributed by atoms with Gasteiger partial charge in [0.1, 0.15) is 0 Å². The van der Waals surface area contributed by atoms with Crippen LogP contribution in [0.2, 0.25) is 0 Å². The summed E-state index contributed by atoms with van der Waals surface area (Å²) < 4.78 is 1.63. The second-order valence-electron chi connectivity index (χ2n) is 4.74. The maximum absolute atomic E-state index is 11.5. The van der Waals surface area contributed by atoms with Gasteiger partial charge in [-0.25, -0.2) is 0 Å². The highest BCUT2D eigenvalue weighted by atomic mass is 16.2. The van der Waals surface area contributed by atoms with E-state index in [0.29, 0.717) is 19.0 Å². The number of carbonyl (C=O) groups is 1. The number of nitrogens with zero attached hydrogens (tertiary/aromatic N) is 4. The first-order valence-electron chi connectivity index (χ1n) is 6.70. The van der Waals surface area contributed by atoms with E-state index >= 15 is 0 Å². The van der Waals surface area contributed by atoms with Crippen molar-refractivity contribution >= 4 is 11.9 Å². The lowest BCUT2D eigenvalue weighted by molar-refractivity contribution is -0.122. The minimum Gasteiger partial charge on any atom is -0.354 e. The molecule has 0 radical (unpaired) electrons. The maximum atomic E-state index is 11.5. The lowest BCUT2D eigenvalue weighted by atomic mass is 10.3. The van der Waals surface area contributed by atoms with E-state index in [0.717, 1.165) is 18.5 Å².